The van der Waals surface area contributed by atoms with Crippen LogP contribution in [0.15, 0.2) is 12.4 Å². The van der Waals surface area contributed by atoms with Gasteiger partial charge in [0.1, 0.15) is 16.5 Å². The van der Waals surface area contributed by atoms with Gasteiger partial charge in [-0.2, -0.15) is 4.98 Å². The van der Waals surface area contributed by atoms with Crippen molar-refractivity contribution in [2.24, 2.45) is 0 Å². The number of aliphatic hydroxyl groups is 1. The van der Waals surface area contributed by atoms with Crippen molar-refractivity contribution < 1.29 is 9.84 Å². The normalized spacial score (nSPS) is 11.5. The highest BCUT2D eigenvalue weighted by molar-refractivity contribution is 6.34. The van der Waals surface area contributed by atoms with Crippen molar-refractivity contribution in [3.63, 3.8) is 0 Å². The van der Waals surface area contributed by atoms with Gasteiger partial charge in [0, 0.05) is 29.9 Å². The van der Waals surface area contributed by atoms with E-state index in [-0.39, 0.29) is 11.1 Å². The van der Waals surface area contributed by atoms with Crippen molar-refractivity contribution in [3.8, 4) is 17.6 Å². The molecule has 3 N–H and O–H groups in total. The fraction of sp³-hybridized carbons (Fsp3) is 0.435. The molecular weight excluding hydrogens is 414 g/mol. The number of unbranched alkanes of at least 4 members (excludes halogenated alkanes) is 1. The van der Waals surface area contributed by atoms with Crippen molar-refractivity contribution in [3.05, 3.63) is 39.9 Å². The Morgan fingerprint density at radius 3 is 2.71 bits per heavy atom. The summed E-state index contributed by atoms with van der Waals surface area (Å²) in [5, 5.41) is 10.8. The molecular formula is C23H28ClN5O2. The highest BCUT2D eigenvalue weighted by Crippen LogP contribution is 2.29. The van der Waals surface area contributed by atoms with Crippen LogP contribution in [0.25, 0.3) is 11.0 Å². The highest BCUT2D eigenvalue weighted by atomic mass is 35.5. The van der Waals surface area contributed by atoms with Crippen LogP contribution in [-0.2, 0) is 6.54 Å². The molecule has 3 heterocycles. The van der Waals surface area contributed by atoms with E-state index in [9.17, 15) is 5.11 Å². The highest BCUT2D eigenvalue weighted by Gasteiger charge is 2.17. The number of ether oxygens (including phenoxy) is 1. The number of methoxy groups -OCH3 is 1. The minimum absolute atomic E-state index is 0.104. The van der Waals surface area contributed by atoms with E-state index >= 15 is 0 Å². The molecule has 31 heavy (non-hydrogen) atoms. The number of hydrogen-bond donors (Lipinski definition) is 2. The third-order valence-corrected chi connectivity index (χ3v) is 5.35. The molecule has 0 aromatic carbocycles. The third-order valence-electron chi connectivity index (χ3n) is 5.07. The number of hydrogen-bond acceptors (Lipinski definition) is 6. The van der Waals surface area contributed by atoms with Crippen molar-refractivity contribution in [2.75, 3.05) is 12.8 Å². The molecule has 0 radical (unpaired) electrons. The molecule has 0 saturated carbocycles. The number of fused-ring (bicyclic) bond motifs is 1. The Balaban J connectivity index is 1.98. The van der Waals surface area contributed by atoms with E-state index in [1.165, 1.54) is 0 Å². The lowest BCUT2D eigenvalue weighted by molar-refractivity contribution is 0.0693. The summed E-state index contributed by atoms with van der Waals surface area (Å²) in [7, 11) is 1.66. The van der Waals surface area contributed by atoms with Crippen molar-refractivity contribution in [1.29, 1.82) is 0 Å². The molecule has 3 aromatic heterocycles. The fourth-order valence-corrected chi connectivity index (χ4v) is 3.81. The molecule has 7 nitrogen and oxygen atoms in total. The zero-order valence-electron chi connectivity index (χ0n) is 18.6. The van der Waals surface area contributed by atoms with E-state index in [0.29, 0.717) is 30.4 Å². The first kappa shape index (κ1) is 22.9. The molecule has 3 rings (SSSR count). The molecule has 3 aromatic rings. The predicted molar refractivity (Wildman–Crippen MR) is 123 cm³/mol. The van der Waals surface area contributed by atoms with E-state index in [0.717, 1.165) is 34.6 Å². The minimum Gasteiger partial charge on any atom is -0.496 e. The second kappa shape index (κ2) is 9.13. The SMILES string of the molecule is COc1c(C)cnc(Cn2cc(C#CCCCC(C)(C)O)c3c(Cl)nc(N)nc32)c1C. The maximum absolute atomic E-state index is 9.85. The zero-order chi connectivity index (χ0) is 22.8. The number of anilines is 1. The monoisotopic (exact) mass is 441 g/mol. The van der Waals surface area contributed by atoms with Gasteiger partial charge in [-0.05, 0) is 40.5 Å². The summed E-state index contributed by atoms with van der Waals surface area (Å²) >= 11 is 6.40. The molecule has 0 saturated heterocycles. The number of aromatic nitrogens is 4. The van der Waals surface area contributed by atoms with Crippen LogP contribution < -0.4 is 10.5 Å². The second-order valence-corrected chi connectivity index (χ2v) is 8.61. The maximum atomic E-state index is 9.85. The first-order valence-electron chi connectivity index (χ1n) is 10.1. The Labute approximate surface area is 187 Å². The van der Waals surface area contributed by atoms with Crippen LogP contribution in [0.1, 0.15) is 55.5 Å². The molecule has 0 amide bonds. The lowest BCUT2D eigenvalue weighted by Gasteiger charge is -2.15. The van der Waals surface area contributed by atoms with Gasteiger partial charge in [0.2, 0.25) is 5.95 Å². The van der Waals surface area contributed by atoms with Crippen molar-refractivity contribution in [2.45, 2.75) is 59.1 Å². The number of nitrogens with two attached hydrogens (primary N) is 1. The largest absolute Gasteiger partial charge is 0.496 e. The summed E-state index contributed by atoms with van der Waals surface area (Å²) in [6.45, 7) is 8.01. The standard InChI is InChI=1S/C23H28ClN5O2/c1-14-11-26-17(15(2)19(14)31-5)13-29-12-16(9-7-6-8-10-23(3,4)30)18-20(24)27-22(25)28-21(18)29/h11-12,30H,6,8,10,13H2,1-5H3,(H2,25,27,28). The van der Waals surface area contributed by atoms with Gasteiger partial charge in [-0.15, -0.1) is 0 Å². The Kier molecular flexibility index (Phi) is 6.73. The van der Waals surface area contributed by atoms with Crippen LogP contribution in [0.5, 0.6) is 5.75 Å². The number of rotatable bonds is 6. The van der Waals surface area contributed by atoms with E-state index in [1.54, 1.807) is 27.2 Å². The van der Waals surface area contributed by atoms with Gasteiger partial charge < -0.3 is 20.1 Å². The van der Waals surface area contributed by atoms with Gasteiger partial charge in [0.05, 0.1) is 35.9 Å². The average molecular weight is 442 g/mol. The van der Waals surface area contributed by atoms with Gasteiger partial charge in [0.15, 0.2) is 0 Å². The van der Waals surface area contributed by atoms with E-state index in [1.807, 2.05) is 24.6 Å². The lowest BCUT2D eigenvalue weighted by Crippen LogP contribution is -2.17. The van der Waals surface area contributed by atoms with E-state index < -0.39 is 5.60 Å². The predicted octanol–water partition coefficient (Wildman–Crippen LogP) is 4.03. The van der Waals surface area contributed by atoms with Gasteiger partial charge in [-0.25, -0.2) is 4.98 Å². The number of aryl methyl sites for hydroxylation is 1. The summed E-state index contributed by atoms with van der Waals surface area (Å²) in [6.07, 6.45) is 5.86. The van der Waals surface area contributed by atoms with Gasteiger partial charge >= 0.3 is 0 Å². The molecule has 0 aliphatic heterocycles. The van der Waals surface area contributed by atoms with Crippen LogP contribution in [0.4, 0.5) is 5.95 Å². The summed E-state index contributed by atoms with van der Waals surface area (Å²) in [5.41, 5.74) is 9.32. The number of pyridine rings is 1. The van der Waals surface area contributed by atoms with Crippen LogP contribution >= 0.6 is 11.6 Å². The first-order valence-corrected chi connectivity index (χ1v) is 10.5. The summed E-state index contributed by atoms with van der Waals surface area (Å²) in [6, 6.07) is 0. The maximum Gasteiger partial charge on any atom is 0.223 e. The molecule has 0 atom stereocenters. The third kappa shape index (κ3) is 5.27. The van der Waals surface area contributed by atoms with Crippen molar-refractivity contribution in [1.82, 2.24) is 19.5 Å². The molecule has 8 heteroatoms. The van der Waals surface area contributed by atoms with Gasteiger partial charge in [-0.1, -0.05) is 23.4 Å². The smallest absolute Gasteiger partial charge is 0.223 e. The Bertz CT molecular complexity index is 1170. The number of halogens is 1. The van der Waals surface area contributed by atoms with Crippen molar-refractivity contribution >= 4 is 28.6 Å². The minimum atomic E-state index is -0.688. The summed E-state index contributed by atoms with van der Waals surface area (Å²) in [4.78, 5) is 13.1. The first-order chi connectivity index (χ1) is 14.6. The molecule has 0 aliphatic carbocycles. The number of nitrogens with zero attached hydrogens (tertiary/aromatic N) is 4. The molecule has 164 valence electrons. The molecule has 0 fully saturated rings. The fourth-order valence-electron chi connectivity index (χ4n) is 3.53. The molecule has 0 bridgehead atoms. The lowest BCUT2D eigenvalue weighted by atomic mass is 10.0. The quantitative estimate of drug-likeness (QED) is 0.340. The van der Waals surface area contributed by atoms with Gasteiger partial charge in [-0.3, -0.25) is 4.98 Å². The average Bonchev–Trinajstić information content (AvgIpc) is 3.01. The Morgan fingerprint density at radius 1 is 1.29 bits per heavy atom. The van der Waals surface area contributed by atoms with E-state index in [4.69, 9.17) is 22.1 Å². The Morgan fingerprint density at radius 2 is 2.03 bits per heavy atom. The summed E-state index contributed by atoms with van der Waals surface area (Å²) in [5.74, 6) is 7.28. The second-order valence-electron chi connectivity index (χ2n) is 8.26. The number of nitrogen functional groups attached to an aromatic ring is 1. The van der Waals surface area contributed by atoms with Crippen LogP contribution in [0.2, 0.25) is 5.15 Å². The van der Waals surface area contributed by atoms with Crippen LogP contribution in [0.3, 0.4) is 0 Å². The summed E-state index contributed by atoms with van der Waals surface area (Å²) < 4.78 is 7.46. The van der Waals surface area contributed by atoms with Crippen LogP contribution in [0, 0.1) is 25.7 Å². The van der Waals surface area contributed by atoms with E-state index in [2.05, 4.69) is 26.8 Å². The van der Waals surface area contributed by atoms with Crippen LogP contribution in [-0.4, -0.2) is 37.3 Å². The molecule has 0 unspecified atom stereocenters. The molecule has 0 aliphatic rings. The Hall–Kier alpha value is -2.82. The topological polar surface area (TPSA) is 99.1 Å². The molecule has 0 spiro atoms. The zero-order valence-corrected chi connectivity index (χ0v) is 19.3. The van der Waals surface area contributed by atoms with Gasteiger partial charge in [0.25, 0.3) is 0 Å².